The summed E-state index contributed by atoms with van der Waals surface area (Å²) in [5.41, 5.74) is 0.979. The molecule has 1 aliphatic heterocycles. The van der Waals surface area contributed by atoms with E-state index < -0.39 is 12.1 Å². The van der Waals surface area contributed by atoms with E-state index in [0.29, 0.717) is 24.7 Å². The van der Waals surface area contributed by atoms with E-state index in [4.69, 9.17) is 25.9 Å². The minimum atomic E-state index is -0.903. The molecule has 2 aromatic rings. The third-order valence-corrected chi connectivity index (χ3v) is 4.33. The van der Waals surface area contributed by atoms with Crippen LogP contribution < -0.4 is 0 Å². The Morgan fingerprint density at radius 2 is 2.04 bits per heavy atom. The summed E-state index contributed by atoms with van der Waals surface area (Å²) in [5.74, 6) is 0.787. The van der Waals surface area contributed by atoms with Crippen LogP contribution in [-0.4, -0.2) is 42.3 Å². The number of halogens is 1. The first-order chi connectivity index (χ1) is 11.1. The number of hydrogen-bond acceptors (Lipinski definition) is 4. The maximum Gasteiger partial charge on any atom is 0.333 e. The number of likely N-dealkylation sites (tertiary alicyclic amines) is 1. The van der Waals surface area contributed by atoms with Crippen molar-refractivity contribution in [1.82, 2.24) is 4.90 Å². The molecule has 1 saturated heterocycles. The van der Waals surface area contributed by atoms with Crippen LogP contribution >= 0.6 is 11.6 Å². The molecular formula is C17H18ClNO4. The highest BCUT2D eigenvalue weighted by atomic mass is 35.5. The second kappa shape index (κ2) is 6.74. The molecule has 0 spiro atoms. The number of methoxy groups -OCH3 is 1. The molecule has 3 rings (SSSR count). The van der Waals surface area contributed by atoms with Gasteiger partial charge in [0.2, 0.25) is 0 Å². The van der Waals surface area contributed by atoms with E-state index in [0.717, 1.165) is 17.1 Å². The Hall–Kier alpha value is -1.82. The van der Waals surface area contributed by atoms with Gasteiger partial charge in [0.15, 0.2) is 6.10 Å². The van der Waals surface area contributed by atoms with Crippen molar-refractivity contribution in [1.29, 1.82) is 0 Å². The molecule has 1 aromatic heterocycles. The van der Waals surface area contributed by atoms with E-state index in [1.54, 1.807) is 0 Å². The van der Waals surface area contributed by atoms with Gasteiger partial charge in [-0.1, -0.05) is 11.6 Å². The summed E-state index contributed by atoms with van der Waals surface area (Å²) in [6.45, 7) is 2.06. The molecule has 1 N–H and O–H groups in total. The van der Waals surface area contributed by atoms with Crippen LogP contribution in [0.2, 0.25) is 5.02 Å². The van der Waals surface area contributed by atoms with E-state index in [1.807, 2.05) is 36.4 Å². The molecule has 0 amide bonds. The van der Waals surface area contributed by atoms with Gasteiger partial charge in [0.05, 0.1) is 6.54 Å². The molecule has 23 heavy (non-hydrogen) atoms. The largest absolute Gasteiger partial charge is 0.479 e. The normalized spacial score (nSPS) is 17.0. The number of hydrogen-bond donors (Lipinski definition) is 1. The van der Waals surface area contributed by atoms with Crippen LogP contribution in [-0.2, 0) is 16.1 Å². The third kappa shape index (κ3) is 3.58. The Morgan fingerprint density at radius 1 is 1.35 bits per heavy atom. The van der Waals surface area contributed by atoms with Crippen molar-refractivity contribution < 1.29 is 19.1 Å². The van der Waals surface area contributed by atoms with E-state index in [2.05, 4.69) is 4.90 Å². The fourth-order valence-corrected chi connectivity index (χ4v) is 3.00. The van der Waals surface area contributed by atoms with Crippen LogP contribution in [0, 0.1) is 5.92 Å². The fourth-order valence-electron chi connectivity index (χ4n) is 2.88. The minimum Gasteiger partial charge on any atom is -0.479 e. The van der Waals surface area contributed by atoms with Crippen LogP contribution in [0.25, 0.3) is 11.3 Å². The fraction of sp³-hybridized carbons (Fsp3) is 0.353. The molecule has 0 saturated carbocycles. The number of carbonyl (C=O) groups is 1. The second-order valence-corrected chi connectivity index (χ2v) is 6.16. The molecule has 5 nitrogen and oxygen atoms in total. The smallest absolute Gasteiger partial charge is 0.333 e. The molecule has 1 aromatic carbocycles. The quantitative estimate of drug-likeness (QED) is 0.878. The summed E-state index contributed by atoms with van der Waals surface area (Å²) < 4.78 is 10.9. The standard InChI is InChI=1S/C17H18ClNO4/c1-22-16(17(20)21)12-8-19(9-12)10-14-6-7-15(23-14)11-2-4-13(18)5-3-11/h2-7,12,16H,8-10H2,1H3,(H,20,21). The Bertz CT molecular complexity index is 676. The highest BCUT2D eigenvalue weighted by Gasteiger charge is 2.37. The molecule has 0 bridgehead atoms. The lowest BCUT2D eigenvalue weighted by molar-refractivity contribution is -0.156. The number of furan rings is 1. The maximum atomic E-state index is 11.0. The van der Waals surface area contributed by atoms with Crippen LogP contribution in [0.4, 0.5) is 0 Å². The van der Waals surface area contributed by atoms with Crippen LogP contribution in [0.15, 0.2) is 40.8 Å². The van der Waals surface area contributed by atoms with Gasteiger partial charge in [-0.05, 0) is 36.4 Å². The zero-order valence-corrected chi connectivity index (χ0v) is 13.5. The molecule has 1 aliphatic rings. The Kier molecular flexibility index (Phi) is 4.71. The topological polar surface area (TPSA) is 62.9 Å². The third-order valence-electron chi connectivity index (χ3n) is 4.08. The second-order valence-electron chi connectivity index (χ2n) is 5.72. The molecular weight excluding hydrogens is 318 g/mol. The van der Waals surface area contributed by atoms with Gasteiger partial charge in [-0.15, -0.1) is 0 Å². The zero-order chi connectivity index (χ0) is 16.4. The zero-order valence-electron chi connectivity index (χ0n) is 12.7. The lowest BCUT2D eigenvalue weighted by Crippen LogP contribution is -2.53. The van der Waals surface area contributed by atoms with Crippen molar-refractivity contribution in [2.24, 2.45) is 5.92 Å². The number of carboxylic acid groups (broad SMARTS) is 1. The van der Waals surface area contributed by atoms with E-state index in [-0.39, 0.29) is 5.92 Å². The molecule has 1 atom stereocenters. The number of ether oxygens (including phenoxy) is 1. The molecule has 1 unspecified atom stereocenters. The van der Waals surface area contributed by atoms with Crippen molar-refractivity contribution in [2.45, 2.75) is 12.6 Å². The van der Waals surface area contributed by atoms with Crippen molar-refractivity contribution in [3.05, 3.63) is 47.2 Å². The first-order valence-electron chi connectivity index (χ1n) is 7.39. The van der Waals surface area contributed by atoms with Gasteiger partial charge in [-0.25, -0.2) is 4.79 Å². The summed E-state index contributed by atoms with van der Waals surface area (Å²) in [7, 11) is 1.44. The molecule has 0 aliphatic carbocycles. The summed E-state index contributed by atoms with van der Waals surface area (Å²) in [5, 5.41) is 9.75. The summed E-state index contributed by atoms with van der Waals surface area (Å²) >= 11 is 5.88. The monoisotopic (exact) mass is 335 g/mol. The van der Waals surface area contributed by atoms with E-state index >= 15 is 0 Å². The molecule has 2 heterocycles. The molecule has 122 valence electrons. The van der Waals surface area contributed by atoms with Gasteiger partial charge in [0.25, 0.3) is 0 Å². The highest BCUT2D eigenvalue weighted by molar-refractivity contribution is 6.30. The van der Waals surface area contributed by atoms with Gasteiger partial charge in [0.1, 0.15) is 11.5 Å². The lowest BCUT2D eigenvalue weighted by atomic mass is 9.93. The minimum absolute atomic E-state index is 0.0307. The van der Waals surface area contributed by atoms with Crippen LogP contribution in [0.3, 0.4) is 0 Å². The molecule has 6 heteroatoms. The predicted molar refractivity (Wildman–Crippen MR) is 86.4 cm³/mol. The van der Waals surface area contributed by atoms with Crippen molar-refractivity contribution in [3.8, 4) is 11.3 Å². The van der Waals surface area contributed by atoms with Crippen LogP contribution in [0.1, 0.15) is 5.76 Å². The van der Waals surface area contributed by atoms with Crippen molar-refractivity contribution >= 4 is 17.6 Å². The molecule has 0 radical (unpaired) electrons. The first-order valence-corrected chi connectivity index (χ1v) is 7.77. The summed E-state index contributed by atoms with van der Waals surface area (Å²) in [6, 6.07) is 11.4. The number of benzene rings is 1. The predicted octanol–water partition coefficient (Wildman–Crippen LogP) is 3.13. The van der Waals surface area contributed by atoms with Crippen LogP contribution in [0.5, 0.6) is 0 Å². The number of aliphatic carboxylic acids is 1. The lowest BCUT2D eigenvalue weighted by Gasteiger charge is -2.40. The number of rotatable bonds is 6. The van der Waals surface area contributed by atoms with Gasteiger partial charge >= 0.3 is 5.97 Å². The molecule has 1 fully saturated rings. The van der Waals surface area contributed by atoms with Gasteiger partial charge in [0, 0.05) is 36.7 Å². The maximum absolute atomic E-state index is 11.0. The number of nitrogens with zero attached hydrogens (tertiary/aromatic N) is 1. The SMILES string of the molecule is COC(C(=O)O)C1CN(Cc2ccc(-c3ccc(Cl)cc3)o2)C1. The average Bonchev–Trinajstić information content (AvgIpc) is 2.94. The average molecular weight is 336 g/mol. The Balaban J connectivity index is 1.57. The van der Waals surface area contributed by atoms with E-state index in [1.165, 1.54) is 7.11 Å². The van der Waals surface area contributed by atoms with Gasteiger partial charge < -0.3 is 14.3 Å². The summed E-state index contributed by atoms with van der Waals surface area (Å²) in [6.07, 6.45) is -0.729. The first kappa shape index (κ1) is 16.1. The van der Waals surface area contributed by atoms with Crippen molar-refractivity contribution in [2.75, 3.05) is 20.2 Å². The van der Waals surface area contributed by atoms with E-state index in [9.17, 15) is 4.79 Å². The van der Waals surface area contributed by atoms with Gasteiger partial charge in [-0.3, -0.25) is 4.90 Å². The Labute approximate surface area is 139 Å². The Morgan fingerprint density at radius 3 is 2.65 bits per heavy atom. The highest BCUT2D eigenvalue weighted by Crippen LogP contribution is 2.27. The summed E-state index contributed by atoms with van der Waals surface area (Å²) in [4.78, 5) is 13.2. The number of carboxylic acids is 1. The van der Waals surface area contributed by atoms with Gasteiger partial charge in [-0.2, -0.15) is 0 Å². The van der Waals surface area contributed by atoms with Crippen molar-refractivity contribution in [3.63, 3.8) is 0 Å².